The second kappa shape index (κ2) is 15.9. The lowest BCUT2D eigenvalue weighted by molar-refractivity contribution is 0.0301. The molecule has 0 radical (unpaired) electrons. The number of hydrogen-bond donors (Lipinski definition) is 1. The van der Waals surface area contributed by atoms with Crippen molar-refractivity contribution in [2.24, 2.45) is 0 Å². The van der Waals surface area contributed by atoms with E-state index in [0.717, 1.165) is 48.9 Å². The van der Waals surface area contributed by atoms with Crippen LogP contribution in [0.3, 0.4) is 0 Å². The van der Waals surface area contributed by atoms with E-state index in [9.17, 15) is 5.11 Å². The van der Waals surface area contributed by atoms with Gasteiger partial charge in [0.1, 0.15) is 54.0 Å². The minimum atomic E-state index is -0.663. The summed E-state index contributed by atoms with van der Waals surface area (Å²) >= 11 is 0. The number of epoxide rings is 2. The van der Waals surface area contributed by atoms with Crippen LogP contribution < -0.4 is 18.9 Å². The van der Waals surface area contributed by atoms with E-state index in [1.807, 2.05) is 36.4 Å². The van der Waals surface area contributed by atoms with Crippen LogP contribution in [-0.2, 0) is 20.3 Å². The van der Waals surface area contributed by atoms with Crippen molar-refractivity contribution in [3.05, 3.63) is 119 Å². The summed E-state index contributed by atoms with van der Waals surface area (Å²) in [7, 11) is 0. The molecule has 0 bridgehead atoms. The molecule has 278 valence electrons. The Morgan fingerprint density at radius 1 is 0.635 bits per heavy atom. The molecule has 2 aliphatic rings. The van der Waals surface area contributed by atoms with E-state index in [4.69, 9.17) is 28.4 Å². The van der Waals surface area contributed by atoms with E-state index < -0.39 is 6.10 Å². The summed E-state index contributed by atoms with van der Waals surface area (Å²) < 4.78 is 35.3. The number of ether oxygens (including phenoxy) is 6. The van der Waals surface area contributed by atoms with E-state index >= 15 is 0 Å². The SMILES string of the molecule is CCC(CC(O)COc1ccc(C(C)(C)c2ccc(OC(CC)(CC)C3CO3)cc2)cc1)Oc1ccc(C(C)(C)c2ccc(OC3CO3)cc2)cc1. The van der Waals surface area contributed by atoms with E-state index in [1.54, 1.807) is 0 Å². The molecular formula is C45H56O7. The predicted octanol–water partition coefficient (Wildman–Crippen LogP) is 9.40. The molecule has 0 spiro atoms. The molecule has 0 saturated carbocycles. The zero-order valence-electron chi connectivity index (χ0n) is 31.9. The molecule has 52 heavy (non-hydrogen) atoms. The maximum Gasteiger partial charge on any atom is 0.223 e. The van der Waals surface area contributed by atoms with E-state index in [1.165, 1.54) is 22.3 Å². The van der Waals surface area contributed by atoms with Gasteiger partial charge in [0.15, 0.2) is 0 Å². The third-order valence-electron chi connectivity index (χ3n) is 11.0. The zero-order chi connectivity index (χ0) is 36.9. The quantitative estimate of drug-likeness (QED) is 0.0973. The van der Waals surface area contributed by atoms with Crippen molar-refractivity contribution in [3.63, 3.8) is 0 Å². The molecule has 7 nitrogen and oxygen atoms in total. The number of aliphatic hydroxyl groups is 1. The number of hydrogen-bond acceptors (Lipinski definition) is 7. The molecule has 4 aromatic carbocycles. The van der Waals surface area contributed by atoms with Crippen LogP contribution in [0.1, 0.15) is 96.4 Å². The molecule has 2 aliphatic heterocycles. The average molecular weight is 709 g/mol. The normalized spacial score (nSPS) is 18.3. The molecular weight excluding hydrogens is 652 g/mol. The van der Waals surface area contributed by atoms with Crippen LogP contribution in [0.4, 0.5) is 0 Å². The van der Waals surface area contributed by atoms with Gasteiger partial charge >= 0.3 is 0 Å². The average Bonchev–Trinajstić information content (AvgIpc) is 4.10. The third-order valence-corrected chi connectivity index (χ3v) is 11.0. The number of rotatable bonds is 19. The Bertz CT molecular complexity index is 1700. The van der Waals surface area contributed by atoms with Crippen LogP contribution >= 0.6 is 0 Å². The van der Waals surface area contributed by atoms with Gasteiger partial charge in [-0.1, -0.05) is 97.0 Å². The minimum absolute atomic E-state index is 0.102. The van der Waals surface area contributed by atoms with Crippen LogP contribution in [0.15, 0.2) is 97.1 Å². The van der Waals surface area contributed by atoms with Crippen LogP contribution in [-0.4, -0.2) is 55.1 Å². The van der Waals surface area contributed by atoms with Gasteiger partial charge in [0, 0.05) is 17.3 Å². The molecule has 2 fully saturated rings. The van der Waals surface area contributed by atoms with Crippen molar-refractivity contribution >= 4 is 0 Å². The van der Waals surface area contributed by atoms with Gasteiger partial charge in [0.25, 0.3) is 0 Å². The Balaban J connectivity index is 0.980. The standard InChI is InChI=1S/C45H56O7/c1-8-36(50-38-21-13-32(14-22-38)44(6,7)33-15-23-39(24-16-33)51-42-30-49-42)27-35(46)28-47-37-19-11-31(12-20-37)43(4,5)34-17-25-40(26-18-34)52-45(9-2,10-3)41-29-48-41/h11-26,35-36,41-42,46H,8-10,27-30H2,1-7H3. The monoisotopic (exact) mass is 708 g/mol. The van der Waals surface area contributed by atoms with Crippen LogP contribution in [0.25, 0.3) is 0 Å². The lowest BCUT2D eigenvalue weighted by Crippen LogP contribution is -2.40. The highest BCUT2D eigenvalue weighted by molar-refractivity contribution is 5.43. The zero-order valence-corrected chi connectivity index (χ0v) is 31.9. The van der Waals surface area contributed by atoms with Crippen molar-refractivity contribution < 1.29 is 33.5 Å². The first-order valence-corrected chi connectivity index (χ1v) is 18.9. The first-order valence-electron chi connectivity index (χ1n) is 18.9. The smallest absolute Gasteiger partial charge is 0.223 e. The summed E-state index contributed by atoms with van der Waals surface area (Å²) in [4.78, 5) is 0. The molecule has 4 aromatic rings. The molecule has 1 N–H and O–H groups in total. The van der Waals surface area contributed by atoms with Crippen molar-refractivity contribution in [1.82, 2.24) is 0 Å². The maximum atomic E-state index is 10.9. The highest BCUT2D eigenvalue weighted by atomic mass is 16.8. The van der Waals surface area contributed by atoms with Gasteiger partial charge in [-0.25, -0.2) is 0 Å². The first-order chi connectivity index (χ1) is 25.0. The fourth-order valence-corrected chi connectivity index (χ4v) is 6.96. The third kappa shape index (κ3) is 8.94. The van der Waals surface area contributed by atoms with E-state index in [0.29, 0.717) is 13.0 Å². The molecule has 7 heteroatoms. The van der Waals surface area contributed by atoms with E-state index in [2.05, 4.69) is 109 Å². The molecule has 6 rings (SSSR count). The van der Waals surface area contributed by atoms with Gasteiger partial charge in [-0.15, -0.1) is 0 Å². The Kier molecular flexibility index (Phi) is 11.5. The van der Waals surface area contributed by atoms with Gasteiger partial charge in [0.05, 0.1) is 12.7 Å². The lowest BCUT2D eigenvalue weighted by atomic mass is 9.78. The molecule has 2 heterocycles. The van der Waals surface area contributed by atoms with Crippen LogP contribution in [0.2, 0.25) is 0 Å². The largest absolute Gasteiger partial charge is 0.491 e. The van der Waals surface area contributed by atoms with Gasteiger partial charge in [0.2, 0.25) is 6.29 Å². The van der Waals surface area contributed by atoms with Crippen molar-refractivity contribution in [2.45, 2.75) is 115 Å². The Labute approximate surface area is 310 Å². The van der Waals surface area contributed by atoms with Crippen molar-refractivity contribution in [1.29, 1.82) is 0 Å². The number of aliphatic hydroxyl groups excluding tert-OH is 1. The van der Waals surface area contributed by atoms with Crippen molar-refractivity contribution in [3.8, 4) is 23.0 Å². The second-order valence-corrected chi connectivity index (χ2v) is 15.3. The molecule has 0 aliphatic carbocycles. The minimum Gasteiger partial charge on any atom is -0.491 e. The first kappa shape index (κ1) is 37.7. The summed E-state index contributed by atoms with van der Waals surface area (Å²) in [6.45, 7) is 16.9. The topological polar surface area (TPSA) is 82.2 Å². The van der Waals surface area contributed by atoms with Gasteiger partial charge in [-0.3, -0.25) is 0 Å². The van der Waals surface area contributed by atoms with Crippen LogP contribution in [0, 0.1) is 0 Å². The summed E-state index contributed by atoms with van der Waals surface area (Å²) in [6.07, 6.45) is 2.36. The summed E-state index contributed by atoms with van der Waals surface area (Å²) in [5, 5.41) is 10.9. The summed E-state index contributed by atoms with van der Waals surface area (Å²) in [5.74, 6) is 3.21. The highest BCUT2D eigenvalue weighted by Crippen LogP contribution is 2.38. The molecule has 2 saturated heterocycles. The highest BCUT2D eigenvalue weighted by Gasteiger charge is 2.46. The maximum absolute atomic E-state index is 10.9. The molecule has 0 amide bonds. The summed E-state index contributed by atoms with van der Waals surface area (Å²) in [6, 6.07) is 33.1. The number of benzene rings is 4. The fourth-order valence-electron chi connectivity index (χ4n) is 6.96. The van der Waals surface area contributed by atoms with Gasteiger partial charge in [-0.05, 0) is 90.0 Å². The van der Waals surface area contributed by atoms with Crippen LogP contribution in [0.5, 0.6) is 23.0 Å². The lowest BCUT2D eigenvalue weighted by Gasteiger charge is -2.32. The molecule has 4 atom stereocenters. The van der Waals surface area contributed by atoms with Crippen molar-refractivity contribution in [2.75, 3.05) is 19.8 Å². The summed E-state index contributed by atoms with van der Waals surface area (Å²) in [5.41, 5.74) is 4.10. The van der Waals surface area contributed by atoms with E-state index in [-0.39, 0.29) is 41.5 Å². The van der Waals surface area contributed by atoms with Gasteiger partial charge < -0.3 is 33.5 Å². The molecule has 4 unspecified atom stereocenters. The van der Waals surface area contributed by atoms with Gasteiger partial charge in [-0.2, -0.15) is 0 Å². The Hall–Kier alpha value is -4.04. The predicted molar refractivity (Wildman–Crippen MR) is 205 cm³/mol. The Morgan fingerprint density at radius 2 is 1.08 bits per heavy atom. The Morgan fingerprint density at radius 3 is 1.50 bits per heavy atom. The fraction of sp³-hybridized carbons (Fsp3) is 0.467. The molecule has 0 aromatic heterocycles. The second-order valence-electron chi connectivity index (χ2n) is 15.3.